The molecule has 1 saturated heterocycles. The minimum absolute atomic E-state index is 0.0173. The molecule has 1 aliphatic heterocycles. The van der Waals surface area contributed by atoms with Crippen molar-refractivity contribution in [2.24, 2.45) is 0 Å². The number of nitrogens with one attached hydrogen (secondary N) is 1. The third-order valence-corrected chi connectivity index (χ3v) is 7.30. The van der Waals surface area contributed by atoms with Crippen LogP contribution >= 0.6 is 23.2 Å². The van der Waals surface area contributed by atoms with E-state index in [0.717, 1.165) is 18.8 Å². The maximum Gasteiger partial charge on any atom is 0.261 e. The fourth-order valence-electron chi connectivity index (χ4n) is 3.49. The van der Waals surface area contributed by atoms with Gasteiger partial charge in [-0.05, 0) is 48.5 Å². The van der Waals surface area contributed by atoms with Crippen LogP contribution in [0.3, 0.4) is 0 Å². The van der Waals surface area contributed by atoms with Crippen LogP contribution in [-0.4, -0.2) is 50.3 Å². The Morgan fingerprint density at radius 3 is 2.44 bits per heavy atom. The molecule has 7 nitrogen and oxygen atoms in total. The van der Waals surface area contributed by atoms with Gasteiger partial charge in [-0.1, -0.05) is 29.3 Å². The first kappa shape index (κ1) is 22.7. The van der Waals surface area contributed by atoms with E-state index in [9.17, 15) is 13.2 Å². The molecule has 0 saturated carbocycles. The fourth-order valence-corrected chi connectivity index (χ4v) is 4.93. The van der Waals surface area contributed by atoms with Gasteiger partial charge in [-0.3, -0.25) is 14.4 Å². The zero-order valence-electron chi connectivity index (χ0n) is 17.0. The second-order valence-corrected chi connectivity index (χ2v) is 9.91. The Kier molecular flexibility index (Phi) is 6.76. The van der Waals surface area contributed by atoms with E-state index in [1.807, 2.05) is 12.1 Å². The molecule has 1 aromatic heterocycles. The van der Waals surface area contributed by atoms with Crippen molar-refractivity contribution in [1.29, 1.82) is 0 Å². The number of halogens is 2. The number of amides is 1. The van der Waals surface area contributed by atoms with Gasteiger partial charge in [0.25, 0.3) is 15.9 Å². The average Bonchev–Trinajstić information content (AvgIpc) is 3.28. The Morgan fingerprint density at radius 1 is 0.969 bits per heavy atom. The van der Waals surface area contributed by atoms with Crippen molar-refractivity contribution in [3.05, 3.63) is 82.2 Å². The highest BCUT2D eigenvalue weighted by atomic mass is 35.5. The van der Waals surface area contributed by atoms with Gasteiger partial charge in [-0.2, -0.15) is 0 Å². The van der Waals surface area contributed by atoms with Gasteiger partial charge >= 0.3 is 0 Å². The summed E-state index contributed by atoms with van der Waals surface area (Å²) in [5.74, 6) is 0.755. The monoisotopic (exact) mass is 493 g/mol. The van der Waals surface area contributed by atoms with Gasteiger partial charge in [-0.25, -0.2) is 8.42 Å². The van der Waals surface area contributed by atoms with Crippen molar-refractivity contribution in [3.63, 3.8) is 0 Å². The standard InChI is InChI=1S/C22H21Cl2N3O4S/c23-20-7-6-19(14-21(20)24)32(29,30)25-17-4-1-3-16(13-17)22(28)27-10-8-26(9-11-27)15-18-5-2-12-31-18/h1-7,12-14,25H,8-11,15H2. The van der Waals surface area contributed by atoms with Gasteiger partial charge in [0, 0.05) is 37.4 Å². The summed E-state index contributed by atoms with van der Waals surface area (Å²) in [6.07, 6.45) is 1.65. The second-order valence-electron chi connectivity index (χ2n) is 7.41. The molecule has 1 aliphatic rings. The third-order valence-electron chi connectivity index (χ3n) is 5.18. The number of furan rings is 1. The Balaban J connectivity index is 1.41. The number of benzene rings is 2. The summed E-state index contributed by atoms with van der Waals surface area (Å²) in [5.41, 5.74) is 0.706. The van der Waals surface area contributed by atoms with Gasteiger partial charge in [0.1, 0.15) is 5.76 Å². The molecule has 0 spiro atoms. The summed E-state index contributed by atoms with van der Waals surface area (Å²) >= 11 is 11.8. The highest BCUT2D eigenvalue weighted by molar-refractivity contribution is 7.92. The molecule has 3 aromatic rings. The zero-order valence-corrected chi connectivity index (χ0v) is 19.3. The van der Waals surface area contributed by atoms with Crippen LogP contribution in [0.1, 0.15) is 16.1 Å². The highest BCUT2D eigenvalue weighted by Gasteiger charge is 2.23. The highest BCUT2D eigenvalue weighted by Crippen LogP contribution is 2.26. The first-order chi connectivity index (χ1) is 15.3. The smallest absolute Gasteiger partial charge is 0.261 e. The van der Waals surface area contributed by atoms with Crippen molar-refractivity contribution < 1.29 is 17.6 Å². The van der Waals surface area contributed by atoms with E-state index in [-0.39, 0.29) is 20.8 Å². The number of nitrogens with zero attached hydrogens (tertiary/aromatic N) is 2. The quantitative estimate of drug-likeness (QED) is 0.551. The summed E-state index contributed by atoms with van der Waals surface area (Å²) in [6.45, 7) is 3.34. The molecule has 0 atom stereocenters. The summed E-state index contributed by atoms with van der Waals surface area (Å²) < 4.78 is 33.3. The second kappa shape index (κ2) is 9.54. The maximum atomic E-state index is 13.0. The topological polar surface area (TPSA) is 82.9 Å². The summed E-state index contributed by atoms with van der Waals surface area (Å²) in [7, 11) is -3.89. The molecule has 32 heavy (non-hydrogen) atoms. The molecule has 0 radical (unpaired) electrons. The Bertz CT molecular complexity index is 1210. The first-order valence-corrected chi connectivity index (χ1v) is 12.2. The van der Waals surface area contributed by atoms with Gasteiger partial charge in [0.05, 0.1) is 27.7 Å². The minimum atomic E-state index is -3.89. The Morgan fingerprint density at radius 2 is 1.75 bits per heavy atom. The normalized spacial score (nSPS) is 15.0. The largest absolute Gasteiger partial charge is 0.468 e. The number of hydrogen-bond acceptors (Lipinski definition) is 5. The van der Waals surface area contributed by atoms with Crippen LogP contribution in [0.5, 0.6) is 0 Å². The van der Waals surface area contributed by atoms with E-state index in [0.29, 0.717) is 30.9 Å². The van der Waals surface area contributed by atoms with Crippen molar-refractivity contribution >= 4 is 44.8 Å². The number of hydrogen-bond donors (Lipinski definition) is 1. The Hall–Kier alpha value is -2.52. The van der Waals surface area contributed by atoms with Gasteiger partial charge < -0.3 is 9.32 Å². The van der Waals surface area contributed by atoms with Crippen LogP contribution in [0.4, 0.5) is 5.69 Å². The fraction of sp³-hybridized carbons (Fsp3) is 0.227. The van der Waals surface area contributed by atoms with Crippen molar-refractivity contribution in [2.75, 3.05) is 30.9 Å². The summed E-state index contributed by atoms with van der Waals surface area (Å²) in [5, 5.41) is 0.409. The lowest BCUT2D eigenvalue weighted by Crippen LogP contribution is -2.48. The lowest BCUT2D eigenvalue weighted by molar-refractivity contribution is 0.0620. The van der Waals surface area contributed by atoms with Crippen LogP contribution in [-0.2, 0) is 16.6 Å². The van der Waals surface area contributed by atoms with Crippen LogP contribution in [0, 0.1) is 0 Å². The molecule has 0 unspecified atom stereocenters. The maximum absolute atomic E-state index is 13.0. The number of carbonyl (C=O) groups excluding carboxylic acids is 1. The van der Waals surface area contributed by atoms with E-state index in [1.165, 1.54) is 24.3 Å². The summed E-state index contributed by atoms with van der Waals surface area (Å²) in [4.78, 5) is 17.0. The number of carbonyl (C=O) groups is 1. The number of anilines is 1. The van der Waals surface area contributed by atoms with Crippen molar-refractivity contribution in [3.8, 4) is 0 Å². The number of rotatable bonds is 6. The van der Waals surface area contributed by atoms with E-state index < -0.39 is 10.0 Å². The molecule has 10 heteroatoms. The van der Waals surface area contributed by atoms with Gasteiger partial charge in [0.15, 0.2) is 0 Å². The van der Waals surface area contributed by atoms with E-state index in [4.69, 9.17) is 27.6 Å². The van der Waals surface area contributed by atoms with Crippen molar-refractivity contribution in [2.45, 2.75) is 11.4 Å². The molecular formula is C22H21Cl2N3O4S. The first-order valence-electron chi connectivity index (χ1n) is 9.94. The number of sulfonamides is 1. The third kappa shape index (κ3) is 5.27. The zero-order chi connectivity index (χ0) is 22.7. The van der Waals surface area contributed by atoms with E-state index >= 15 is 0 Å². The molecule has 4 rings (SSSR count). The van der Waals surface area contributed by atoms with Crippen molar-refractivity contribution in [1.82, 2.24) is 9.80 Å². The van der Waals surface area contributed by atoms with E-state index in [2.05, 4.69) is 9.62 Å². The predicted octanol–water partition coefficient (Wildman–Crippen LogP) is 4.35. The number of piperazine rings is 1. The van der Waals surface area contributed by atoms with Crippen LogP contribution < -0.4 is 4.72 Å². The SMILES string of the molecule is O=C(c1cccc(NS(=O)(=O)c2ccc(Cl)c(Cl)c2)c1)N1CCN(Cc2ccco2)CC1. The molecule has 2 aromatic carbocycles. The molecule has 0 aliphatic carbocycles. The molecule has 1 fully saturated rings. The van der Waals surface area contributed by atoms with Crippen LogP contribution in [0.25, 0.3) is 0 Å². The predicted molar refractivity (Wildman–Crippen MR) is 124 cm³/mol. The summed E-state index contributed by atoms with van der Waals surface area (Å²) in [6, 6.07) is 14.3. The van der Waals surface area contributed by atoms with Gasteiger partial charge in [0.2, 0.25) is 0 Å². The Labute approximate surface area is 196 Å². The molecule has 0 bridgehead atoms. The lowest BCUT2D eigenvalue weighted by Gasteiger charge is -2.34. The van der Waals surface area contributed by atoms with Crippen LogP contribution in [0.15, 0.2) is 70.2 Å². The molecule has 1 amide bonds. The molecule has 168 valence electrons. The van der Waals surface area contributed by atoms with Crippen LogP contribution in [0.2, 0.25) is 10.0 Å². The molecular weight excluding hydrogens is 473 g/mol. The minimum Gasteiger partial charge on any atom is -0.468 e. The lowest BCUT2D eigenvalue weighted by atomic mass is 10.1. The molecule has 2 heterocycles. The average molecular weight is 494 g/mol. The molecule has 1 N–H and O–H groups in total. The van der Waals surface area contributed by atoms with Gasteiger partial charge in [-0.15, -0.1) is 0 Å². The van der Waals surface area contributed by atoms with E-state index in [1.54, 1.807) is 29.4 Å².